The summed E-state index contributed by atoms with van der Waals surface area (Å²) in [6.45, 7) is 3.55. The monoisotopic (exact) mass is 387 g/mol. The summed E-state index contributed by atoms with van der Waals surface area (Å²) in [5, 5.41) is 0. The molecule has 0 saturated carbocycles. The van der Waals surface area contributed by atoms with Crippen LogP contribution in [0.5, 0.6) is 0 Å². The van der Waals surface area contributed by atoms with Crippen LogP contribution in [0.4, 0.5) is 11.4 Å². The van der Waals surface area contributed by atoms with Gasteiger partial charge in [0.25, 0.3) is 0 Å². The minimum absolute atomic E-state index is 0. The van der Waals surface area contributed by atoms with E-state index < -0.39 is 9.84 Å². The number of carbonyl (C=O) groups excluding carboxylic acids is 1. The second-order valence-corrected chi connectivity index (χ2v) is 8.84. The molecular formula is C17H26ClN3O3S. The second kappa shape index (κ2) is 7.83. The SMILES string of the molecule is CCN(C(=O)CN1CCCc2c(N)cccc21)C1CCS(=O)(=O)C1.Cl. The maximum Gasteiger partial charge on any atom is 0.242 e. The molecular weight excluding hydrogens is 362 g/mol. The molecule has 2 aliphatic rings. The molecule has 1 unspecified atom stereocenters. The van der Waals surface area contributed by atoms with Gasteiger partial charge in [0.05, 0.1) is 18.1 Å². The van der Waals surface area contributed by atoms with Crippen molar-refractivity contribution in [2.24, 2.45) is 0 Å². The first-order valence-electron chi connectivity index (χ1n) is 8.53. The summed E-state index contributed by atoms with van der Waals surface area (Å²) >= 11 is 0. The van der Waals surface area contributed by atoms with Crippen LogP contribution in [0.2, 0.25) is 0 Å². The Morgan fingerprint density at radius 1 is 1.40 bits per heavy atom. The van der Waals surface area contributed by atoms with Crippen LogP contribution in [0, 0.1) is 0 Å². The van der Waals surface area contributed by atoms with Crippen molar-refractivity contribution in [3.8, 4) is 0 Å². The van der Waals surface area contributed by atoms with Crippen LogP contribution in [0.25, 0.3) is 0 Å². The summed E-state index contributed by atoms with van der Waals surface area (Å²) < 4.78 is 23.4. The van der Waals surface area contributed by atoms with Crippen LogP contribution >= 0.6 is 12.4 Å². The van der Waals surface area contributed by atoms with Crippen LogP contribution in [-0.4, -0.2) is 56.4 Å². The van der Waals surface area contributed by atoms with Crippen LogP contribution in [0.1, 0.15) is 25.3 Å². The number of rotatable bonds is 4. The second-order valence-electron chi connectivity index (χ2n) is 6.61. The van der Waals surface area contributed by atoms with E-state index in [1.807, 2.05) is 25.1 Å². The number of nitrogen functional groups attached to an aromatic ring is 1. The average Bonchev–Trinajstić information content (AvgIpc) is 2.89. The zero-order chi connectivity index (χ0) is 17.3. The molecule has 8 heteroatoms. The number of anilines is 2. The van der Waals surface area contributed by atoms with Crippen molar-refractivity contribution >= 4 is 39.5 Å². The van der Waals surface area contributed by atoms with Gasteiger partial charge in [0.15, 0.2) is 9.84 Å². The number of hydrogen-bond donors (Lipinski definition) is 1. The van der Waals surface area contributed by atoms with E-state index in [9.17, 15) is 13.2 Å². The molecule has 0 aliphatic carbocycles. The van der Waals surface area contributed by atoms with E-state index in [0.29, 0.717) is 13.0 Å². The number of amides is 1. The minimum Gasteiger partial charge on any atom is -0.398 e. The Morgan fingerprint density at radius 2 is 2.16 bits per heavy atom. The average molecular weight is 388 g/mol. The lowest BCUT2D eigenvalue weighted by molar-refractivity contribution is -0.131. The normalized spacial score (nSPS) is 21.3. The maximum atomic E-state index is 12.8. The third-order valence-electron chi connectivity index (χ3n) is 5.02. The lowest BCUT2D eigenvalue weighted by atomic mass is 10.00. The van der Waals surface area contributed by atoms with Crippen molar-refractivity contribution in [2.45, 2.75) is 32.2 Å². The standard InChI is InChI=1S/C17H25N3O3S.ClH/c1-2-20(13-8-10-24(22,23)12-13)17(21)11-19-9-4-5-14-15(18)6-3-7-16(14)19;/h3,6-7,13H,2,4-5,8-12,18H2,1H3;1H. The molecule has 0 spiro atoms. The topological polar surface area (TPSA) is 83.7 Å². The molecule has 0 bridgehead atoms. The number of nitrogens with zero attached hydrogens (tertiary/aromatic N) is 2. The van der Waals surface area contributed by atoms with E-state index in [1.165, 1.54) is 0 Å². The summed E-state index contributed by atoms with van der Waals surface area (Å²) in [5.41, 5.74) is 8.98. The van der Waals surface area contributed by atoms with Crippen LogP contribution in [0.3, 0.4) is 0 Å². The highest BCUT2D eigenvalue weighted by atomic mass is 35.5. The molecule has 2 heterocycles. The fourth-order valence-electron chi connectivity index (χ4n) is 3.81. The van der Waals surface area contributed by atoms with Gasteiger partial charge in [0, 0.05) is 30.5 Å². The Hall–Kier alpha value is -1.47. The molecule has 3 rings (SSSR count). The maximum absolute atomic E-state index is 12.8. The number of fused-ring (bicyclic) bond motifs is 1. The molecule has 6 nitrogen and oxygen atoms in total. The molecule has 1 saturated heterocycles. The largest absolute Gasteiger partial charge is 0.398 e. The molecule has 1 fully saturated rings. The number of halogens is 1. The third kappa shape index (κ3) is 4.20. The molecule has 1 aromatic carbocycles. The van der Waals surface area contributed by atoms with Crippen molar-refractivity contribution in [3.63, 3.8) is 0 Å². The highest BCUT2D eigenvalue weighted by Gasteiger charge is 2.34. The van der Waals surface area contributed by atoms with E-state index in [0.717, 1.165) is 36.3 Å². The molecule has 1 atom stereocenters. The first-order chi connectivity index (χ1) is 11.4. The Labute approximate surface area is 155 Å². The number of benzene rings is 1. The molecule has 0 aromatic heterocycles. The van der Waals surface area contributed by atoms with Crippen LogP contribution < -0.4 is 10.6 Å². The van der Waals surface area contributed by atoms with Crippen molar-refractivity contribution < 1.29 is 13.2 Å². The van der Waals surface area contributed by atoms with Gasteiger partial charge in [-0.2, -0.15) is 0 Å². The molecule has 25 heavy (non-hydrogen) atoms. The molecule has 0 radical (unpaired) electrons. The van der Waals surface area contributed by atoms with Crippen molar-refractivity contribution in [3.05, 3.63) is 23.8 Å². The zero-order valence-electron chi connectivity index (χ0n) is 14.5. The van der Waals surface area contributed by atoms with Gasteiger partial charge < -0.3 is 15.5 Å². The predicted octanol–water partition coefficient (Wildman–Crippen LogP) is 1.48. The van der Waals surface area contributed by atoms with Gasteiger partial charge in [0.2, 0.25) is 5.91 Å². The van der Waals surface area contributed by atoms with Gasteiger partial charge in [-0.05, 0) is 43.9 Å². The van der Waals surface area contributed by atoms with Crippen molar-refractivity contribution in [1.29, 1.82) is 0 Å². The Balaban J connectivity index is 0.00000225. The molecule has 140 valence electrons. The summed E-state index contributed by atoms with van der Waals surface area (Å²) in [6.07, 6.45) is 2.45. The van der Waals surface area contributed by atoms with Gasteiger partial charge in [0.1, 0.15) is 0 Å². The van der Waals surface area contributed by atoms with E-state index in [4.69, 9.17) is 5.73 Å². The highest BCUT2D eigenvalue weighted by Crippen LogP contribution is 2.31. The summed E-state index contributed by atoms with van der Waals surface area (Å²) in [7, 11) is -3.00. The van der Waals surface area contributed by atoms with E-state index >= 15 is 0 Å². The van der Waals surface area contributed by atoms with Crippen LogP contribution in [0.15, 0.2) is 18.2 Å². The minimum atomic E-state index is -3.00. The van der Waals surface area contributed by atoms with Gasteiger partial charge in [-0.1, -0.05) is 6.07 Å². The Bertz CT molecular complexity index is 739. The molecule has 1 amide bonds. The Morgan fingerprint density at radius 3 is 2.80 bits per heavy atom. The number of hydrogen-bond acceptors (Lipinski definition) is 5. The lowest BCUT2D eigenvalue weighted by Gasteiger charge is -2.34. The third-order valence-corrected chi connectivity index (χ3v) is 6.77. The zero-order valence-corrected chi connectivity index (χ0v) is 16.1. The first kappa shape index (κ1) is 19.8. The number of likely N-dealkylation sites (N-methyl/N-ethyl adjacent to an activating group) is 1. The molecule has 1 aromatic rings. The summed E-state index contributed by atoms with van der Waals surface area (Å²) in [6, 6.07) is 5.64. The van der Waals surface area contributed by atoms with Gasteiger partial charge in [-0.3, -0.25) is 4.79 Å². The predicted molar refractivity (Wildman–Crippen MR) is 103 cm³/mol. The lowest BCUT2D eigenvalue weighted by Crippen LogP contribution is -2.47. The summed E-state index contributed by atoms with van der Waals surface area (Å²) in [5.74, 6) is 0.274. The van der Waals surface area contributed by atoms with Crippen molar-refractivity contribution in [2.75, 3.05) is 41.8 Å². The fraction of sp³-hybridized carbons (Fsp3) is 0.588. The van der Waals surface area contributed by atoms with Crippen molar-refractivity contribution in [1.82, 2.24) is 4.90 Å². The van der Waals surface area contributed by atoms with E-state index in [2.05, 4.69) is 4.90 Å². The quantitative estimate of drug-likeness (QED) is 0.791. The summed E-state index contributed by atoms with van der Waals surface area (Å²) in [4.78, 5) is 16.6. The highest BCUT2D eigenvalue weighted by molar-refractivity contribution is 7.91. The smallest absolute Gasteiger partial charge is 0.242 e. The van der Waals surface area contributed by atoms with Gasteiger partial charge >= 0.3 is 0 Å². The Kier molecular flexibility index (Phi) is 6.21. The first-order valence-corrected chi connectivity index (χ1v) is 10.4. The number of sulfone groups is 1. The van der Waals surface area contributed by atoms with Gasteiger partial charge in [-0.25, -0.2) is 8.42 Å². The van der Waals surface area contributed by atoms with Gasteiger partial charge in [-0.15, -0.1) is 12.4 Å². The van der Waals surface area contributed by atoms with E-state index in [1.54, 1.807) is 4.90 Å². The van der Waals surface area contributed by atoms with Crippen LogP contribution in [-0.2, 0) is 21.1 Å². The number of carbonyl (C=O) groups is 1. The van der Waals surface area contributed by atoms with E-state index in [-0.39, 0.29) is 42.4 Å². The fourth-order valence-corrected chi connectivity index (χ4v) is 5.54. The molecule has 2 aliphatic heterocycles. The molecule has 2 N–H and O–H groups in total. The number of nitrogens with two attached hydrogens (primary N) is 1.